The van der Waals surface area contributed by atoms with Crippen LogP contribution in [0, 0.1) is 5.92 Å². The first-order valence-corrected chi connectivity index (χ1v) is 6.69. The second-order valence-electron chi connectivity index (χ2n) is 5.17. The summed E-state index contributed by atoms with van der Waals surface area (Å²) in [5.74, 6) is 1.38. The lowest BCUT2D eigenvalue weighted by Crippen LogP contribution is -2.53. The zero-order chi connectivity index (χ0) is 13.4. The van der Waals surface area contributed by atoms with E-state index in [4.69, 9.17) is 4.74 Å². The Bertz CT molecular complexity index is 499. The molecular formula is C14H19N3O2. The molecule has 2 aliphatic rings. The molecule has 1 amide bonds. The predicted molar refractivity (Wildman–Crippen MR) is 74.8 cm³/mol. The van der Waals surface area contributed by atoms with E-state index in [1.165, 1.54) is 0 Å². The number of carbonyl (C=O) groups excluding carboxylic acids is 1. The number of ether oxygens (including phenoxy) is 1. The lowest BCUT2D eigenvalue weighted by molar-refractivity contribution is -0.125. The van der Waals surface area contributed by atoms with Crippen molar-refractivity contribution in [2.45, 2.75) is 13.0 Å². The molecule has 19 heavy (non-hydrogen) atoms. The normalized spacial score (nSPS) is 22.5. The van der Waals surface area contributed by atoms with E-state index in [9.17, 15) is 4.79 Å². The third-order valence-electron chi connectivity index (χ3n) is 3.76. The van der Waals surface area contributed by atoms with Crippen LogP contribution in [0.1, 0.15) is 6.92 Å². The lowest BCUT2D eigenvalue weighted by Gasteiger charge is -2.38. The summed E-state index contributed by atoms with van der Waals surface area (Å²) in [5.41, 5.74) is 1.86. The van der Waals surface area contributed by atoms with Gasteiger partial charge in [0.25, 0.3) is 5.91 Å². The number of nitrogens with one attached hydrogen (secondary N) is 2. The molecule has 0 spiro atoms. The maximum atomic E-state index is 12.3. The molecule has 3 rings (SSSR count). The summed E-state index contributed by atoms with van der Waals surface area (Å²) in [6, 6.07) is 5.87. The minimum atomic E-state index is -0.402. The molecule has 1 atom stereocenters. The quantitative estimate of drug-likeness (QED) is 0.854. The van der Waals surface area contributed by atoms with E-state index in [1.807, 2.05) is 37.1 Å². The van der Waals surface area contributed by atoms with Gasteiger partial charge in [-0.25, -0.2) is 0 Å². The van der Waals surface area contributed by atoms with Crippen molar-refractivity contribution >= 4 is 17.3 Å². The summed E-state index contributed by atoms with van der Waals surface area (Å²) in [4.78, 5) is 14.2. The van der Waals surface area contributed by atoms with Crippen LogP contribution in [0.25, 0.3) is 0 Å². The summed E-state index contributed by atoms with van der Waals surface area (Å²) in [7, 11) is 1.87. The van der Waals surface area contributed by atoms with Gasteiger partial charge in [-0.05, 0) is 25.1 Å². The van der Waals surface area contributed by atoms with Gasteiger partial charge in [0.05, 0.1) is 5.69 Å². The maximum absolute atomic E-state index is 12.3. The third kappa shape index (κ3) is 2.14. The zero-order valence-corrected chi connectivity index (χ0v) is 11.3. The van der Waals surface area contributed by atoms with Gasteiger partial charge in [-0.1, -0.05) is 0 Å². The van der Waals surface area contributed by atoms with Crippen molar-refractivity contribution in [3.63, 3.8) is 0 Å². The molecule has 2 heterocycles. The van der Waals surface area contributed by atoms with Crippen LogP contribution in [0.3, 0.4) is 0 Å². The van der Waals surface area contributed by atoms with Crippen LogP contribution in [-0.4, -0.2) is 38.7 Å². The molecule has 2 aliphatic heterocycles. The van der Waals surface area contributed by atoms with Gasteiger partial charge in [0.15, 0.2) is 6.10 Å². The number of nitrogens with zero attached hydrogens (tertiary/aromatic N) is 1. The SMILES string of the molecule is CNc1ccc2c(c1)N(CC1CNC1)C(=O)C(C)O2. The minimum Gasteiger partial charge on any atom is -0.479 e. The highest BCUT2D eigenvalue weighted by atomic mass is 16.5. The van der Waals surface area contributed by atoms with Gasteiger partial charge < -0.3 is 20.3 Å². The van der Waals surface area contributed by atoms with Crippen LogP contribution in [0.15, 0.2) is 18.2 Å². The summed E-state index contributed by atoms with van der Waals surface area (Å²) < 4.78 is 5.67. The Labute approximate surface area is 112 Å². The Balaban J connectivity index is 1.94. The summed E-state index contributed by atoms with van der Waals surface area (Å²) in [5, 5.41) is 6.34. The van der Waals surface area contributed by atoms with E-state index in [-0.39, 0.29) is 5.91 Å². The summed E-state index contributed by atoms with van der Waals surface area (Å²) in [6.07, 6.45) is -0.402. The van der Waals surface area contributed by atoms with E-state index in [0.717, 1.165) is 36.8 Å². The van der Waals surface area contributed by atoms with Gasteiger partial charge >= 0.3 is 0 Å². The Morgan fingerprint density at radius 2 is 2.26 bits per heavy atom. The van der Waals surface area contributed by atoms with Crippen molar-refractivity contribution in [1.82, 2.24) is 5.32 Å². The second kappa shape index (κ2) is 4.74. The largest absolute Gasteiger partial charge is 0.479 e. The van der Waals surface area contributed by atoms with Gasteiger partial charge in [-0.2, -0.15) is 0 Å². The average molecular weight is 261 g/mol. The fourth-order valence-corrected chi connectivity index (χ4v) is 2.49. The van der Waals surface area contributed by atoms with Crippen LogP contribution >= 0.6 is 0 Å². The first-order chi connectivity index (χ1) is 9.19. The van der Waals surface area contributed by atoms with Crippen LogP contribution in [0.4, 0.5) is 11.4 Å². The van der Waals surface area contributed by atoms with E-state index >= 15 is 0 Å². The molecular weight excluding hydrogens is 242 g/mol. The first kappa shape index (κ1) is 12.3. The summed E-state index contributed by atoms with van der Waals surface area (Å²) >= 11 is 0. The Morgan fingerprint density at radius 3 is 2.89 bits per heavy atom. The standard InChI is InChI=1S/C14H19N3O2/c1-9-14(18)17(8-10-6-16-7-10)12-5-11(15-2)3-4-13(12)19-9/h3-5,9-10,15-16H,6-8H2,1-2H3. The van der Waals surface area contributed by atoms with E-state index < -0.39 is 6.10 Å². The molecule has 1 unspecified atom stereocenters. The predicted octanol–water partition coefficient (Wildman–Crippen LogP) is 1.06. The molecule has 1 aromatic rings. The Hall–Kier alpha value is -1.75. The monoisotopic (exact) mass is 261 g/mol. The lowest BCUT2D eigenvalue weighted by atomic mass is 10.0. The molecule has 0 saturated carbocycles. The number of carbonyl (C=O) groups is 1. The van der Waals surface area contributed by atoms with Crippen LogP contribution < -0.4 is 20.3 Å². The fourth-order valence-electron chi connectivity index (χ4n) is 2.49. The number of rotatable bonds is 3. The van der Waals surface area contributed by atoms with E-state index in [1.54, 1.807) is 0 Å². The average Bonchev–Trinajstić information content (AvgIpc) is 2.37. The van der Waals surface area contributed by atoms with Crippen LogP contribution in [-0.2, 0) is 4.79 Å². The topological polar surface area (TPSA) is 53.6 Å². The third-order valence-corrected chi connectivity index (χ3v) is 3.76. The smallest absolute Gasteiger partial charge is 0.267 e. The number of fused-ring (bicyclic) bond motifs is 1. The molecule has 0 bridgehead atoms. The summed E-state index contributed by atoms with van der Waals surface area (Å²) in [6.45, 7) is 4.54. The highest BCUT2D eigenvalue weighted by molar-refractivity contribution is 6.00. The molecule has 102 valence electrons. The minimum absolute atomic E-state index is 0.0488. The van der Waals surface area contributed by atoms with E-state index in [2.05, 4.69) is 10.6 Å². The molecule has 5 heteroatoms. The first-order valence-electron chi connectivity index (χ1n) is 6.69. The van der Waals surface area contributed by atoms with Crippen molar-refractivity contribution in [2.75, 3.05) is 36.9 Å². The molecule has 0 aromatic heterocycles. The highest BCUT2D eigenvalue weighted by Crippen LogP contribution is 2.36. The van der Waals surface area contributed by atoms with Crippen LogP contribution in [0.2, 0.25) is 0 Å². The molecule has 0 aliphatic carbocycles. The number of amides is 1. The van der Waals surface area contributed by atoms with Crippen molar-refractivity contribution in [3.05, 3.63) is 18.2 Å². The number of hydrogen-bond donors (Lipinski definition) is 2. The second-order valence-corrected chi connectivity index (χ2v) is 5.17. The number of hydrogen-bond acceptors (Lipinski definition) is 4. The van der Waals surface area contributed by atoms with Gasteiger partial charge in [0.2, 0.25) is 0 Å². The molecule has 1 saturated heterocycles. The van der Waals surface area contributed by atoms with Gasteiger partial charge in [0.1, 0.15) is 5.75 Å². The maximum Gasteiger partial charge on any atom is 0.267 e. The molecule has 0 radical (unpaired) electrons. The fraction of sp³-hybridized carbons (Fsp3) is 0.500. The van der Waals surface area contributed by atoms with Gasteiger partial charge in [-0.3, -0.25) is 4.79 Å². The van der Waals surface area contributed by atoms with Gasteiger partial charge in [-0.15, -0.1) is 0 Å². The van der Waals surface area contributed by atoms with Crippen molar-refractivity contribution in [1.29, 1.82) is 0 Å². The molecule has 2 N–H and O–H groups in total. The highest BCUT2D eigenvalue weighted by Gasteiger charge is 2.34. The Kier molecular flexibility index (Phi) is 3.06. The molecule has 1 aromatic carbocycles. The molecule has 5 nitrogen and oxygen atoms in total. The van der Waals surface area contributed by atoms with E-state index in [0.29, 0.717) is 5.92 Å². The van der Waals surface area contributed by atoms with Gasteiger partial charge in [0, 0.05) is 38.3 Å². The van der Waals surface area contributed by atoms with Crippen molar-refractivity contribution < 1.29 is 9.53 Å². The Morgan fingerprint density at radius 1 is 1.47 bits per heavy atom. The van der Waals surface area contributed by atoms with Crippen LogP contribution in [0.5, 0.6) is 5.75 Å². The van der Waals surface area contributed by atoms with Crippen molar-refractivity contribution in [2.24, 2.45) is 5.92 Å². The number of anilines is 2. The van der Waals surface area contributed by atoms with Crippen molar-refractivity contribution in [3.8, 4) is 5.75 Å². The molecule has 1 fully saturated rings. The number of benzene rings is 1. The zero-order valence-electron chi connectivity index (χ0n) is 11.3.